The Labute approximate surface area is 122 Å². The molecule has 2 rings (SSSR count). The van der Waals surface area contributed by atoms with E-state index in [9.17, 15) is 0 Å². The van der Waals surface area contributed by atoms with Gasteiger partial charge in [0, 0.05) is 30.1 Å². The number of aromatic nitrogens is 2. The molecule has 4 nitrogen and oxygen atoms in total. The van der Waals surface area contributed by atoms with E-state index in [0.717, 1.165) is 43.9 Å². The van der Waals surface area contributed by atoms with Crippen molar-refractivity contribution in [1.82, 2.24) is 15.3 Å². The lowest BCUT2D eigenvalue weighted by molar-refractivity contribution is -0.0761. The third-order valence-corrected chi connectivity index (χ3v) is 4.13. The zero-order valence-corrected chi connectivity index (χ0v) is 13.2. The number of nitrogens with zero attached hydrogens (tertiary/aromatic N) is 2. The van der Waals surface area contributed by atoms with Crippen molar-refractivity contribution in [2.45, 2.75) is 65.0 Å². The molecule has 1 N–H and O–H groups in total. The predicted octanol–water partition coefficient (Wildman–Crippen LogP) is 3.26. The average molecular weight is 277 g/mol. The summed E-state index contributed by atoms with van der Waals surface area (Å²) in [5, 5.41) is 3.49. The molecule has 0 amide bonds. The Morgan fingerprint density at radius 2 is 2.25 bits per heavy atom. The molecule has 0 radical (unpaired) electrons. The fourth-order valence-corrected chi connectivity index (χ4v) is 2.74. The maximum atomic E-state index is 5.93. The van der Waals surface area contributed by atoms with Crippen molar-refractivity contribution >= 4 is 0 Å². The van der Waals surface area contributed by atoms with E-state index in [-0.39, 0.29) is 5.60 Å². The summed E-state index contributed by atoms with van der Waals surface area (Å²) in [5.41, 5.74) is 1.94. The zero-order chi connectivity index (χ0) is 14.6. The minimum Gasteiger partial charge on any atom is -0.367 e. The van der Waals surface area contributed by atoms with E-state index in [2.05, 4.69) is 38.0 Å². The molecule has 20 heavy (non-hydrogen) atoms. The van der Waals surface area contributed by atoms with Gasteiger partial charge in [0.1, 0.15) is 5.60 Å². The Kier molecular flexibility index (Phi) is 5.11. The van der Waals surface area contributed by atoms with Gasteiger partial charge in [0.05, 0.1) is 0 Å². The van der Waals surface area contributed by atoms with E-state index in [1.807, 2.05) is 6.20 Å². The van der Waals surface area contributed by atoms with Crippen molar-refractivity contribution in [1.29, 1.82) is 0 Å². The Morgan fingerprint density at radius 1 is 1.45 bits per heavy atom. The number of hydrogen-bond acceptors (Lipinski definition) is 4. The van der Waals surface area contributed by atoms with Crippen LogP contribution >= 0.6 is 0 Å². The van der Waals surface area contributed by atoms with Crippen LogP contribution in [0.5, 0.6) is 0 Å². The fraction of sp³-hybridized carbons (Fsp3) is 0.750. The highest BCUT2D eigenvalue weighted by Crippen LogP contribution is 2.32. The van der Waals surface area contributed by atoms with Gasteiger partial charge in [-0.15, -0.1) is 0 Å². The highest BCUT2D eigenvalue weighted by atomic mass is 16.5. The molecule has 2 heterocycles. The van der Waals surface area contributed by atoms with Crippen molar-refractivity contribution in [3.05, 3.63) is 23.3 Å². The molecule has 0 spiro atoms. The Hall–Kier alpha value is -1.00. The first-order valence-electron chi connectivity index (χ1n) is 7.78. The predicted molar refractivity (Wildman–Crippen MR) is 80.6 cm³/mol. The van der Waals surface area contributed by atoms with Crippen molar-refractivity contribution in [2.24, 2.45) is 0 Å². The molecule has 4 heteroatoms. The van der Waals surface area contributed by atoms with Crippen molar-refractivity contribution in [3.8, 4) is 0 Å². The number of ether oxygens (including phenoxy) is 1. The van der Waals surface area contributed by atoms with Gasteiger partial charge >= 0.3 is 0 Å². The highest BCUT2D eigenvalue weighted by molar-refractivity contribution is 5.21. The lowest BCUT2D eigenvalue weighted by Crippen LogP contribution is -2.33. The highest BCUT2D eigenvalue weighted by Gasteiger charge is 2.33. The molecule has 1 aromatic heterocycles. The van der Waals surface area contributed by atoms with Gasteiger partial charge in [-0.05, 0) is 53.0 Å². The van der Waals surface area contributed by atoms with Crippen LogP contribution in [0.1, 0.15) is 69.6 Å². The second-order valence-corrected chi connectivity index (χ2v) is 5.95. The molecule has 112 valence electrons. The van der Waals surface area contributed by atoms with Crippen LogP contribution in [0, 0.1) is 6.92 Å². The van der Waals surface area contributed by atoms with Gasteiger partial charge in [-0.3, -0.25) is 0 Å². The molecule has 1 aromatic rings. The lowest BCUT2D eigenvalue weighted by atomic mass is 9.94. The van der Waals surface area contributed by atoms with Crippen LogP contribution in [0.4, 0.5) is 0 Å². The Bertz CT molecular complexity index is 441. The number of nitrogens with one attached hydrogen (secondary N) is 1. The van der Waals surface area contributed by atoms with Crippen molar-refractivity contribution in [3.63, 3.8) is 0 Å². The van der Waals surface area contributed by atoms with Crippen LogP contribution in [-0.2, 0) is 10.3 Å². The van der Waals surface area contributed by atoms with Crippen LogP contribution in [0.25, 0.3) is 0 Å². The molecule has 2 unspecified atom stereocenters. The monoisotopic (exact) mass is 277 g/mol. The number of hydrogen-bond donors (Lipinski definition) is 1. The molecule has 0 saturated carbocycles. The normalized spacial score (nSPS) is 24.6. The zero-order valence-electron chi connectivity index (χ0n) is 13.2. The minimum absolute atomic E-state index is 0.295. The van der Waals surface area contributed by atoms with Gasteiger partial charge in [-0.25, -0.2) is 9.97 Å². The van der Waals surface area contributed by atoms with Gasteiger partial charge in [-0.2, -0.15) is 0 Å². The SMILES string of the molecule is CCCNC(C)c1cnc(C2(C)CCCCO2)nc1C. The number of aryl methyl sites for hydroxylation is 1. The second kappa shape index (κ2) is 6.64. The van der Waals surface area contributed by atoms with E-state index in [1.54, 1.807) is 0 Å². The Morgan fingerprint density at radius 3 is 2.85 bits per heavy atom. The summed E-state index contributed by atoms with van der Waals surface area (Å²) in [5.74, 6) is 0.834. The third kappa shape index (κ3) is 3.36. The average Bonchev–Trinajstić information content (AvgIpc) is 2.45. The van der Waals surface area contributed by atoms with Gasteiger partial charge in [0.2, 0.25) is 0 Å². The summed E-state index contributed by atoms with van der Waals surface area (Å²) in [6, 6.07) is 0.295. The van der Waals surface area contributed by atoms with Crippen molar-refractivity contribution in [2.75, 3.05) is 13.2 Å². The standard InChI is InChI=1S/C16H27N3O/c1-5-9-17-12(2)14-11-18-15(19-13(14)3)16(4)8-6-7-10-20-16/h11-12,17H,5-10H2,1-4H3. The smallest absolute Gasteiger partial charge is 0.160 e. The van der Waals surface area contributed by atoms with Crippen LogP contribution < -0.4 is 5.32 Å². The van der Waals surface area contributed by atoms with Gasteiger partial charge in [0.25, 0.3) is 0 Å². The summed E-state index contributed by atoms with van der Waals surface area (Å²) in [4.78, 5) is 9.31. The van der Waals surface area contributed by atoms with Crippen LogP contribution in [-0.4, -0.2) is 23.1 Å². The molecule has 1 fully saturated rings. The fourth-order valence-electron chi connectivity index (χ4n) is 2.74. The maximum Gasteiger partial charge on any atom is 0.160 e. The lowest BCUT2D eigenvalue weighted by Gasteiger charge is -2.32. The third-order valence-electron chi connectivity index (χ3n) is 4.13. The molecule has 1 aliphatic heterocycles. The topological polar surface area (TPSA) is 47.0 Å². The van der Waals surface area contributed by atoms with Crippen molar-refractivity contribution < 1.29 is 4.74 Å². The molecule has 1 saturated heterocycles. The Balaban J connectivity index is 2.16. The molecule has 1 aliphatic rings. The van der Waals surface area contributed by atoms with E-state index in [1.165, 1.54) is 12.0 Å². The molecule has 2 atom stereocenters. The number of rotatable bonds is 5. The first-order valence-corrected chi connectivity index (χ1v) is 7.78. The van der Waals surface area contributed by atoms with Crippen LogP contribution in [0.15, 0.2) is 6.20 Å². The molecular weight excluding hydrogens is 250 g/mol. The largest absolute Gasteiger partial charge is 0.367 e. The van der Waals surface area contributed by atoms with Gasteiger partial charge in [0.15, 0.2) is 5.82 Å². The van der Waals surface area contributed by atoms with E-state index in [4.69, 9.17) is 9.72 Å². The van der Waals surface area contributed by atoms with Gasteiger partial charge in [-0.1, -0.05) is 6.92 Å². The summed E-state index contributed by atoms with van der Waals surface area (Å²) in [6.07, 6.45) is 6.44. The van der Waals surface area contributed by atoms with Crippen LogP contribution in [0.3, 0.4) is 0 Å². The molecular formula is C16H27N3O. The van der Waals surface area contributed by atoms with Gasteiger partial charge < -0.3 is 10.1 Å². The minimum atomic E-state index is -0.304. The summed E-state index contributed by atoms with van der Waals surface area (Å²) in [6.45, 7) is 10.3. The van der Waals surface area contributed by atoms with Crippen LogP contribution in [0.2, 0.25) is 0 Å². The summed E-state index contributed by atoms with van der Waals surface area (Å²) in [7, 11) is 0. The quantitative estimate of drug-likeness (QED) is 0.897. The summed E-state index contributed by atoms with van der Waals surface area (Å²) >= 11 is 0. The first-order chi connectivity index (χ1) is 9.57. The maximum absolute atomic E-state index is 5.93. The van der Waals surface area contributed by atoms with E-state index >= 15 is 0 Å². The summed E-state index contributed by atoms with van der Waals surface area (Å²) < 4.78 is 5.93. The van der Waals surface area contributed by atoms with E-state index in [0.29, 0.717) is 6.04 Å². The molecule has 0 aromatic carbocycles. The first kappa shape index (κ1) is 15.4. The van der Waals surface area contributed by atoms with E-state index < -0.39 is 0 Å². The molecule has 0 aliphatic carbocycles. The molecule has 0 bridgehead atoms. The second-order valence-electron chi connectivity index (χ2n) is 5.95.